The molecule has 0 radical (unpaired) electrons. The van der Waals surface area contributed by atoms with Gasteiger partial charge in [0.1, 0.15) is 11.6 Å². The summed E-state index contributed by atoms with van der Waals surface area (Å²) < 4.78 is 5.10. The molecule has 1 aromatic heterocycles. The van der Waals surface area contributed by atoms with Gasteiger partial charge in [-0.15, -0.1) is 0 Å². The Kier molecular flexibility index (Phi) is 4.35. The number of methoxy groups -OCH3 is 1. The number of nitrogens with zero attached hydrogens (tertiary/aromatic N) is 2. The number of nitro groups is 1. The van der Waals surface area contributed by atoms with Gasteiger partial charge in [-0.05, 0) is 24.7 Å². The molecule has 1 fully saturated rings. The molecular formula is C12H19N5O3. The summed E-state index contributed by atoms with van der Waals surface area (Å²) in [6.45, 7) is 1.45. The monoisotopic (exact) mass is 281 g/mol. The van der Waals surface area contributed by atoms with Gasteiger partial charge in [-0.25, -0.2) is 10.8 Å². The van der Waals surface area contributed by atoms with Crippen molar-refractivity contribution >= 4 is 17.3 Å². The van der Waals surface area contributed by atoms with Crippen LogP contribution in [0.25, 0.3) is 0 Å². The first-order valence-electron chi connectivity index (χ1n) is 6.44. The highest BCUT2D eigenvalue weighted by Crippen LogP contribution is 2.48. The Morgan fingerprint density at radius 2 is 2.20 bits per heavy atom. The van der Waals surface area contributed by atoms with Crippen molar-refractivity contribution in [3.05, 3.63) is 22.2 Å². The van der Waals surface area contributed by atoms with Crippen LogP contribution in [0, 0.1) is 15.5 Å². The molecule has 1 heterocycles. The van der Waals surface area contributed by atoms with Crippen LogP contribution in [0.2, 0.25) is 0 Å². The summed E-state index contributed by atoms with van der Waals surface area (Å²) in [7, 11) is 1.69. The van der Waals surface area contributed by atoms with Crippen molar-refractivity contribution in [3.8, 4) is 0 Å². The van der Waals surface area contributed by atoms with Crippen LogP contribution in [0.5, 0.6) is 0 Å². The second kappa shape index (κ2) is 6.02. The lowest BCUT2D eigenvalue weighted by Gasteiger charge is -2.16. The minimum absolute atomic E-state index is 0.0443. The van der Waals surface area contributed by atoms with Crippen LogP contribution in [-0.4, -0.2) is 30.2 Å². The van der Waals surface area contributed by atoms with E-state index in [0.29, 0.717) is 5.82 Å². The summed E-state index contributed by atoms with van der Waals surface area (Å²) in [5.74, 6) is 5.99. The Labute approximate surface area is 116 Å². The quantitative estimate of drug-likeness (QED) is 0.375. The van der Waals surface area contributed by atoms with Gasteiger partial charge < -0.3 is 15.5 Å². The molecular weight excluding hydrogens is 262 g/mol. The Balaban J connectivity index is 2.02. The minimum Gasteiger partial charge on any atom is -0.385 e. The number of anilines is 2. The van der Waals surface area contributed by atoms with Crippen molar-refractivity contribution in [1.29, 1.82) is 0 Å². The largest absolute Gasteiger partial charge is 0.385 e. The van der Waals surface area contributed by atoms with Crippen LogP contribution < -0.4 is 16.6 Å². The number of hydrazine groups is 1. The predicted molar refractivity (Wildman–Crippen MR) is 75.4 cm³/mol. The highest BCUT2D eigenvalue weighted by atomic mass is 16.6. The topological polar surface area (TPSA) is 115 Å². The molecule has 2 rings (SSSR count). The molecule has 0 saturated heterocycles. The molecule has 0 aromatic carbocycles. The molecule has 20 heavy (non-hydrogen) atoms. The Morgan fingerprint density at radius 3 is 2.75 bits per heavy atom. The van der Waals surface area contributed by atoms with Crippen LogP contribution in [-0.2, 0) is 4.74 Å². The average Bonchev–Trinajstić information content (AvgIpc) is 3.23. The van der Waals surface area contributed by atoms with Crippen LogP contribution in [0.3, 0.4) is 0 Å². The zero-order chi connectivity index (χ0) is 14.6. The number of hydrogen-bond donors (Lipinski definition) is 3. The molecule has 1 aliphatic rings. The zero-order valence-electron chi connectivity index (χ0n) is 11.4. The number of rotatable bonds is 8. The normalized spacial score (nSPS) is 15.7. The Morgan fingerprint density at radius 1 is 1.50 bits per heavy atom. The maximum absolute atomic E-state index is 10.8. The third-order valence-corrected chi connectivity index (χ3v) is 3.61. The van der Waals surface area contributed by atoms with E-state index in [9.17, 15) is 10.1 Å². The van der Waals surface area contributed by atoms with Crippen molar-refractivity contribution < 1.29 is 9.66 Å². The van der Waals surface area contributed by atoms with Gasteiger partial charge in [-0.3, -0.25) is 10.1 Å². The minimum atomic E-state index is -0.467. The lowest BCUT2D eigenvalue weighted by atomic mass is 10.0. The number of pyridine rings is 1. The molecule has 1 saturated carbocycles. The highest BCUT2D eigenvalue weighted by Gasteiger charge is 2.41. The molecule has 0 aliphatic heterocycles. The second-order valence-corrected chi connectivity index (χ2v) is 5.09. The molecule has 0 atom stereocenters. The number of ether oxygens (including phenoxy) is 1. The first-order chi connectivity index (χ1) is 9.58. The van der Waals surface area contributed by atoms with Crippen LogP contribution >= 0.6 is 0 Å². The molecule has 1 aliphatic carbocycles. The Hall–Kier alpha value is -1.93. The van der Waals surface area contributed by atoms with E-state index in [1.54, 1.807) is 7.11 Å². The molecule has 1 aromatic rings. The summed E-state index contributed by atoms with van der Waals surface area (Å²) in [6.07, 6.45) is 3.26. The van der Waals surface area contributed by atoms with E-state index >= 15 is 0 Å². The maximum atomic E-state index is 10.8. The highest BCUT2D eigenvalue weighted by molar-refractivity contribution is 5.54. The first kappa shape index (κ1) is 14.5. The standard InChI is InChI=1S/C12H19N5O3/c1-20-5-4-12(2-3-12)8-14-10-6-9(17(18)19)7-11(15-10)16-13/h6-7H,2-5,8,13H2,1H3,(H2,14,15,16). The third kappa shape index (κ3) is 3.55. The van der Waals surface area contributed by atoms with Crippen molar-refractivity contribution in [2.45, 2.75) is 19.3 Å². The maximum Gasteiger partial charge on any atom is 0.276 e. The summed E-state index contributed by atoms with van der Waals surface area (Å²) in [5.41, 5.74) is 2.52. The molecule has 0 spiro atoms. The fourth-order valence-electron chi connectivity index (χ4n) is 2.07. The number of aromatic nitrogens is 1. The first-order valence-corrected chi connectivity index (χ1v) is 6.44. The summed E-state index contributed by atoms with van der Waals surface area (Å²) in [6, 6.07) is 2.70. The molecule has 8 heteroatoms. The van der Waals surface area contributed by atoms with E-state index in [4.69, 9.17) is 10.6 Å². The number of hydrogen-bond acceptors (Lipinski definition) is 7. The number of nitrogens with one attached hydrogen (secondary N) is 2. The van der Waals surface area contributed by atoms with Gasteiger partial charge in [-0.1, -0.05) is 0 Å². The van der Waals surface area contributed by atoms with Gasteiger partial charge in [0, 0.05) is 20.3 Å². The van der Waals surface area contributed by atoms with E-state index in [1.807, 2.05) is 0 Å². The summed E-state index contributed by atoms with van der Waals surface area (Å²) in [4.78, 5) is 14.5. The smallest absolute Gasteiger partial charge is 0.276 e. The SMILES string of the molecule is COCCC1(CNc2cc([N+](=O)[O-])cc(NN)n2)CC1. The van der Waals surface area contributed by atoms with Gasteiger partial charge in [0.2, 0.25) is 0 Å². The number of nitrogens with two attached hydrogens (primary N) is 1. The van der Waals surface area contributed by atoms with Crippen LogP contribution in [0.1, 0.15) is 19.3 Å². The van der Waals surface area contributed by atoms with Crippen molar-refractivity contribution in [2.75, 3.05) is 31.0 Å². The lowest BCUT2D eigenvalue weighted by molar-refractivity contribution is -0.384. The molecule has 0 unspecified atom stereocenters. The molecule has 0 bridgehead atoms. The van der Waals surface area contributed by atoms with Crippen LogP contribution in [0.15, 0.2) is 12.1 Å². The van der Waals surface area contributed by atoms with Crippen LogP contribution in [0.4, 0.5) is 17.3 Å². The second-order valence-electron chi connectivity index (χ2n) is 5.09. The average molecular weight is 281 g/mol. The van der Waals surface area contributed by atoms with Gasteiger partial charge >= 0.3 is 0 Å². The van der Waals surface area contributed by atoms with Crippen molar-refractivity contribution in [2.24, 2.45) is 11.3 Å². The van der Waals surface area contributed by atoms with Crippen molar-refractivity contribution in [3.63, 3.8) is 0 Å². The van der Waals surface area contributed by atoms with Gasteiger partial charge in [-0.2, -0.15) is 0 Å². The summed E-state index contributed by atoms with van der Waals surface area (Å²) >= 11 is 0. The van der Waals surface area contributed by atoms with E-state index in [1.165, 1.54) is 12.1 Å². The number of nitrogen functional groups attached to an aromatic ring is 1. The van der Waals surface area contributed by atoms with E-state index < -0.39 is 4.92 Å². The zero-order valence-corrected chi connectivity index (χ0v) is 11.4. The van der Waals surface area contributed by atoms with E-state index in [2.05, 4.69) is 15.7 Å². The molecule has 0 amide bonds. The fourth-order valence-corrected chi connectivity index (χ4v) is 2.07. The fraction of sp³-hybridized carbons (Fsp3) is 0.583. The van der Waals surface area contributed by atoms with Gasteiger partial charge in [0.15, 0.2) is 0 Å². The van der Waals surface area contributed by atoms with Gasteiger partial charge in [0.05, 0.1) is 17.1 Å². The van der Waals surface area contributed by atoms with E-state index in [-0.39, 0.29) is 16.9 Å². The van der Waals surface area contributed by atoms with Gasteiger partial charge in [0.25, 0.3) is 5.69 Å². The third-order valence-electron chi connectivity index (χ3n) is 3.61. The summed E-state index contributed by atoms with van der Waals surface area (Å²) in [5, 5.41) is 14.0. The molecule has 8 nitrogen and oxygen atoms in total. The van der Waals surface area contributed by atoms with E-state index in [0.717, 1.165) is 32.4 Å². The Bertz CT molecular complexity index is 490. The predicted octanol–water partition coefficient (Wildman–Crippen LogP) is 1.50. The molecule has 4 N–H and O–H groups in total. The van der Waals surface area contributed by atoms with Crippen molar-refractivity contribution in [1.82, 2.24) is 4.98 Å². The molecule has 110 valence electrons. The lowest BCUT2D eigenvalue weighted by Crippen LogP contribution is -2.18.